The van der Waals surface area contributed by atoms with Crippen LogP contribution in [0.15, 0.2) is 47.9 Å². The molecular weight excluding hydrogens is 654 g/mol. The van der Waals surface area contributed by atoms with E-state index in [1.54, 1.807) is 11.8 Å². The Balaban J connectivity index is -0.000000249. The van der Waals surface area contributed by atoms with Crippen LogP contribution in [0.3, 0.4) is 0 Å². The van der Waals surface area contributed by atoms with Gasteiger partial charge in [0.05, 0.1) is 18.9 Å². The third-order valence-electron chi connectivity index (χ3n) is 3.42. The molecule has 0 saturated heterocycles. The summed E-state index contributed by atoms with van der Waals surface area (Å²) in [5.41, 5.74) is 0. The molecule has 0 aromatic rings. The Hall–Kier alpha value is -3.94. The highest BCUT2D eigenvalue weighted by atomic mass is 19.4. The molecule has 0 fully saturated rings. The number of allylic oxidation sites excluding steroid dienone is 4. The first-order valence-corrected chi connectivity index (χ1v) is 11.1. The molecule has 4 nitrogen and oxygen atoms in total. The maximum absolute atomic E-state index is 12.3. The zero-order valence-corrected chi connectivity index (χ0v) is 22.3. The fourth-order valence-electron chi connectivity index (χ4n) is 1.50. The molecule has 0 rings (SSSR count). The molecular formula is C27H24F14O4. The number of hydrogen-bond donors (Lipinski definition) is 4. The standard InChI is InChI=1S/C7H6F4O.2C7H7F3O.C6H4F4O/c1-2-6(12)5(8)3-4-7(9,10)11;1-2-6(11)5(8)3-4-7(9)10;1-2-6(11)4-3-5-7(8,9)10;1-2-5(11)4(7)3-6(8,9)10/h1,3,6,12H,4H2;1,3,6-7,11H,4H2;1,3-4,6,11H,5H2;1,3,5,11H. The SMILES string of the molecule is C#CC(O)C(F)=CC(F)(F)F.C#CC(O)C(F)=CCC(F)(F)F.C#CC(O)C(F)=CCC(F)F.C#CC(O)C=CCC(F)(F)F. The van der Waals surface area contributed by atoms with E-state index in [0.29, 0.717) is 6.08 Å². The molecule has 0 aromatic carbocycles. The average molecular weight is 678 g/mol. The van der Waals surface area contributed by atoms with Crippen LogP contribution in [-0.2, 0) is 0 Å². The predicted octanol–water partition coefficient (Wildman–Crippen LogP) is 6.16. The minimum Gasteiger partial charge on any atom is -0.377 e. The molecule has 4 unspecified atom stereocenters. The molecule has 0 saturated carbocycles. The zero-order valence-electron chi connectivity index (χ0n) is 22.3. The Bertz CT molecular complexity index is 1120. The Labute approximate surface area is 248 Å². The number of alkyl halides is 11. The Morgan fingerprint density at radius 2 is 0.978 bits per heavy atom. The van der Waals surface area contributed by atoms with Crippen molar-refractivity contribution in [2.75, 3.05) is 0 Å². The van der Waals surface area contributed by atoms with Crippen molar-refractivity contribution in [2.24, 2.45) is 0 Å². The van der Waals surface area contributed by atoms with Gasteiger partial charge in [0.25, 0.3) is 0 Å². The van der Waals surface area contributed by atoms with Gasteiger partial charge in [-0.2, -0.15) is 39.5 Å². The summed E-state index contributed by atoms with van der Waals surface area (Å²) in [4.78, 5) is 0. The first-order chi connectivity index (χ1) is 20.3. The molecule has 4 atom stereocenters. The quantitative estimate of drug-likeness (QED) is 0.141. The van der Waals surface area contributed by atoms with Crippen LogP contribution < -0.4 is 0 Å². The number of halogens is 14. The highest BCUT2D eigenvalue weighted by molar-refractivity contribution is 5.14. The van der Waals surface area contributed by atoms with Crippen molar-refractivity contribution < 1.29 is 81.9 Å². The number of aliphatic hydroxyl groups excluding tert-OH is 4. The highest BCUT2D eigenvalue weighted by Crippen LogP contribution is 2.22. The van der Waals surface area contributed by atoms with Gasteiger partial charge in [-0.15, -0.1) is 25.7 Å². The van der Waals surface area contributed by atoms with Gasteiger partial charge in [0.2, 0.25) is 6.43 Å². The van der Waals surface area contributed by atoms with Crippen molar-refractivity contribution in [3.8, 4) is 49.4 Å². The van der Waals surface area contributed by atoms with Crippen LogP contribution >= 0.6 is 0 Å². The zero-order chi connectivity index (χ0) is 36.6. The lowest BCUT2D eigenvalue weighted by Crippen LogP contribution is -2.09. The summed E-state index contributed by atoms with van der Waals surface area (Å²) in [6.07, 6.45) is -6.15. The van der Waals surface area contributed by atoms with Gasteiger partial charge in [-0.3, -0.25) is 0 Å². The summed E-state index contributed by atoms with van der Waals surface area (Å²) in [5.74, 6) is 2.22. The van der Waals surface area contributed by atoms with Crippen LogP contribution in [-0.4, -0.2) is 69.8 Å². The molecule has 0 aliphatic rings. The summed E-state index contributed by atoms with van der Waals surface area (Å²) in [5, 5.41) is 33.9. The average Bonchev–Trinajstić information content (AvgIpc) is 2.91. The molecule has 0 aromatic heterocycles. The summed E-state index contributed by atoms with van der Waals surface area (Å²) >= 11 is 0. The topological polar surface area (TPSA) is 80.9 Å². The van der Waals surface area contributed by atoms with Gasteiger partial charge in [-0.05, 0) is 18.2 Å². The number of terminal acetylenes is 4. The van der Waals surface area contributed by atoms with Crippen molar-refractivity contribution in [1.82, 2.24) is 0 Å². The van der Waals surface area contributed by atoms with Gasteiger partial charge in [0.1, 0.15) is 23.6 Å². The minimum absolute atomic E-state index is 0.213. The van der Waals surface area contributed by atoms with E-state index in [2.05, 4.69) is 25.7 Å². The molecule has 45 heavy (non-hydrogen) atoms. The normalized spacial score (nSPS) is 15.2. The van der Waals surface area contributed by atoms with Crippen molar-refractivity contribution in [3.63, 3.8) is 0 Å². The van der Waals surface area contributed by atoms with Gasteiger partial charge < -0.3 is 20.4 Å². The summed E-state index contributed by atoms with van der Waals surface area (Å²) in [6.45, 7) is 0. The third-order valence-corrected chi connectivity index (χ3v) is 3.42. The molecule has 4 N–H and O–H groups in total. The van der Waals surface area contributed by atoms with E-state index in [-0.39, 0.29) is 6.08 Å². The van der Waals surface area contributed by atoms with E-state index in [1.807, 2.05) is 5.92 Å². The van der Waals surface area contributed by atoms with Crippen molar-refractivity contribution >= 4 is 0 Å². The van der Waals surface area contributed by atoms with Crippen LogP contribution in [0, 0.1) is 49.4 Å². The van der Waals surface area contributed by atoms with Crippen molar-refractivity contribution in [1.29, 1.82) is 0 Å². The van der Waals surface area contributed by atoms with E-state index < -0.39 is 92.2 Å². The maximum Gasteiger partial charge on any atom is 0.412 e. The molecule has 0 bridgehead atoms. The van der Waals surface area contributed by atoms with E-state index in [4.69, 9.17) is 20.4 Å². The fraction of sp³-hybridized carbons (Fsp3) is 0.407. The second-order valence-corrected chi connectivity index (χ2v) is 7.26. The van der Waals surface area contributed by atoms with Gasteiger partial charge >= 0.3 is 18.5 Å². The molecule has 0 aliphatic carbocycles. The van der Waals surface area contributed by atoms with Gasteiger partial charge in [-0.25, -0.2) is 22.0 Å². The van der Waals surface area contributed by atoms with Crippen LogP contribution in [0.2, 0.25) is 0 Å². The number of aliphatic hydroxyl groups is 4. The van der Waals surface area contributed by atoms with E-state index in [0.717, 1.165) is 12.2 Å². The molecule has 0 spiro atoms. The number of rotatable bonds is 8. The Morgan fingerprint density at radius 3 is 1.29 bits per heavy atom. The van der Waals surface area contributed by atoms with E-state index >= 15 is 0 Å². The first kappa shape index (κ1) is 48.0. The van der Waals surface area contributed by atoms with Gasteiger partial charge in [-0.1, -0.05) is 29.8 Å². The van der Waals surface area contributed by atoms with Crippen molar-refractivity contribution in [2.45, 2.75) is 68.6 Å². The molecule has 254 valence electrons. The lowest BCUT2D eigenvalue weighted by molar-refractivity contribution is -0.126. The second-order valence-electron chi connectivity index (χ2n) is 7.26. The smallest absolute Gasteiger partial charge is 0.377 e. The summed E-state index contributed by atoms with van der Waals surface area (Å²) in [6, 6.07) is 0. The van der Waals surface area contributed by atoms with Gasteiger partial charge in [0.15, 0.2) is 18.3 Å². The van der Waals surface area contributed by atoms with Crippen LogP contribution in [0.5, 0.6) is 0 Å². The van der Waals surface area contributed by atoms with E-state index in [9.17, 15) is 61.5 Å². The minimum atomic E-state index is -4.79. The highest BCUT2D eigenvalue weighted by Gasteiger charge is 2.27. The molecule has 18 heteroatoms. The third kappa shape index (κ3) is 38.0. The second kappa shape index (κ2) is 24.4. The van der Waals surface area contributed by atoms with Crippen LogP contribution in [0.25, 0.3) is 0 Å². The largest absolute Gasteiger partial charge is 0.412 e. The maximum atomic E-state index is 12.3. The summed E-state index contributed by atoms with van der Waals surface area (Å²) in [7, 11) is 0. The molecule has 0 aliphatic heterocycles. The first-order valence-electron chi connectivity index (χ1n) is 11.1. The van der Waals surface area contributed by atoms with Gasteiger partial charge in [0, 0.05) is 6.42 Å². The Kier molecular flexibility index (Phi) is 26.0. The van der Waals surface area contributed by atoms with Crippen LogP contribution in [0.1, 0.15) is 19.3 Å². The van der Waals surface area contributed by atoms with Crippen LogP contribution in [0.4, 0.5) is 61.5 Å². The fourth-order valence-corrected chi connectivity index (χ4v) is 1.50. The Morgan fingerprint density at radius 1 is 0.600 bits per heavy atom. The molecule has 0 heterocycles. The molecule has 0 amide bonds. The summed E-state index contributed by atoms with van der Waals surface area (Å²) < 4.78 is 162. The predicted molar refractivity (Wildman–Crippen MR) is 134 cm³/mol. The molecule has 0 radical (unpaired) electrons. The monoisotopic (exact) mass is 678 g/mol. The lowest BCUT2D eigenvalue weighted by Gasteiger charge is -2.02. The van der Waals surface area contributed by atoms with E-state index in [1.165, 1.54) is 5.92 Å². The number of hydrogen-bond acceptors (Lipinski definition) is 4. The lowest BCUT2D eigenvalue weighted by atomic mass is 10.2. The van der Waals surface area contributed by atoms with Crippen molar-refractivity contribution in [3.05, 3.63) is 47.9 Å².